The molecule has 3 aromatic rings. The Morgan fingerprint density at radius 3 is 2.54 bits per heavy atom. The van der Waals surface area contributed by atoms with Crippen LogP contribution in [0.25, 0.3) is 10.9 Å². The normalized spacial score (nSPS) is 11.4. The number of hydrogen-bond donors (Lipinski definition) is 2. The fourth-order valence-corrected chi connectivity index (χ4v) is 3.54. The lowest BCUT2D eigenvalue weighted by Crippen LogP contribution is -2.34. The Morgan fingerprint density at radius 1 is 0.962 bits per heavy atom. The molecule has 134 valence electrons. The molecule has 1 aromatic heterocycles. The van der Waals surface area contributed by atoms with Crippen molar-refractivity contribution in [1.29, 1.82) is 0 Å². The number of carbonyl (C=O) groups is 1. The monoisotopic (exact) mass is 369 g/mol. The van der Waals surface area contributed by atoms with Crippen molar-refractivity contribution >= 4 is 32.5 Å². The maximum Gasteiger partial charge on any atom is 0.239 e. The van der Waals surface area contributed by atoms with Gasteiger partial charge in [-0.05, 0) is 24.1 Å². The van der Waals surface area contributed by atoms with Gasteiger partial charge in [0.2, 0.25) is 15.9 Å². The van der Waals surface area contributed by atoms with Crippen LogP contribution in [-0.2, 0) is 21.2 Å². The summed E-state index contributed by atoms with van der Waals surface area (Å²) in [6.07, 6.45) is 2.04. The Kier molecular flexibility index (Phi) is 5.60. The first-order valence-electron chi connectivity index (χ1n) is 8.18. The molecule has 26 heavy (non-hydrogen) atoms. The zero-order valence-corrected chi connectivity index (χ0v) is 14.9. The fourth-order valence-electron chi connectivity index (χ4n) is 2.54. The quantitative estimate of drug-likeness (QED) is 0.669. The number of nitrogens with one attached hydrogen (secondary N) is 2. The second kappa shape index (κ2) is 8.07. The molecule has 0 aliphatic heterocycles. The van der Waals surface area contributed by atoms with E-state index in [4.69, 9.17) is 0 Å². The molecule has 0 bridgehead atoms. The van der Waals surface area contributed by atoms with E-state index in [2.05, 4.69) is 15.0 Å². The van der Waals surface area contributed by atoms with E-state index in [0.29, 0.717) is 17.6 Å². The van der Waals surface area contributed by atoms with Crippen molar-refractivity contribution in [2.75, 3.05) is 17.6 Å². The summed E-state index contributed by atoms with van der Waals surface area (Å²) in [6, 6.07) is 18.5. The molecule has 0 saturated heterocycles. The number of benzene rings is 2. The molecule has 2 aromatic carbocycles. The number of pyridine rings is 1. The Balaban J connectivity index is 1.56. The highest BCUT2D eigenvalue weighted by atomic mass is 32.2. The minimum absolute atomic E-state index is 0.0693. The number of aryl methyl sites for hydroxylation is 1. The topological polar surface area (TPSA) is 88.2 Å². The molecule has 1 amide bonds. The second-order valence-electron chi connectivity index (χ2n) is 5.80. The number of nitrogens with zero attached hydrogens (tertiary/aromatic N) is 1. The van der Waals surface area contributed by atoms with E-state index >= 15 is 0 Å². The first-order chi connectivity index (χ1) is 12.5. The summed E-state index contributed by atoms with van der Waals surface area (Å²) in [5.41, 5.74) is 2.15. The highest BCUT2D eigenvalue weighted by Gasteiger charge is 2.13. The van der Waals surface area contributed by atoms with E-state index in [1.54, 1.807) is 12.3 Å². The summed E-state index contributed by atoms with van der Waals surface area (Å²) in [4.78, 5) is 16.4. The number of rotatable bonds is 7. The van der Waals surface area contributed by atoms with Gasteiger partial charge >= 0.3 is 0 Å². The molecular weight excluding hydrogens is 350 g/mol. The third-order valence-corrected chi connectivity index (χ3v) is 5.19. The lowest BCUT2D eigenvalue weighted by molar-refractivity contribution is -0.115. The summed E-state index contributed by atoms with van der Waals surface area (Å²) in [7, 11) is -3.54. The number of hydrogen-bond acceptors (Lipinski definition) is 4. The molecule has 2 N–H and O–H groups in total. The molecule has 0 radical (unpaired) electrons. The number of aromatic nitrogens is 1. The van der Waals surface area contributed by atoms with Gasteiger partial charge in [-0.1, -0.05) is 48.5 Å². The van der Waals surface area contributed by atoms with Gasteiger partial charge in [-0.2, -0.15) is 0 Å². The summed E-state index contributed by atoms with van der Waals surface area (Å²) in [5.74, 6) is -0.508. The molecule has 0 unspecified atom stereocenters. The molecular formula is C19H19N3O3S. The Bertz CT molecular complexity index is 999. The van der Waals surface area contributed by atoms with Crippen LogP contribution in [0.15, 0.2) is 66.9 Å². The van der Waals surface area contributed by atoms with Gasteiger partial charge in [0.05, 0.1) is 23.5 Å². The molecule has 7 heteroatoms. The minimum Gasteiger partial charge on any atom is -0.323 e. The maximum absolute atomic E-state index is 12.1. The first-order valence-corrected chi connectivity index (χ1v) is 9.84. The molecule has 1 heterocycles. The fraction of sp³-hybridized carbons (Fsp3) is 0.158. The van der Waals surface area contributed by atoms with E-state index in [-0.39, 0.29) is 12.3 Å². The van der Waals surface area contributed by atoms with Crippen LogP contribution >= 0.6 is 0 Å². The van der Waals surface area contributed by atoms with Crippen LogP contribution < -0.4 is 10.0 Å². The molecule has 0 atom stereocenters. The van der Waals surface area contributed by atoms with Gasteiger partial charge in [-0.3, -0.25) is 9.78 Å². The van der Waals surface area contributed by atoms with Gasteiger partial charge in [-0.25, -0.2) is 13.1 Å². The van der Waals surface area contributed by atoms with Crippen LogP contribution in [0.4, 0.5) is 5.69 Å². The van der Waals surface area contributed by atoms with E-state index in [0.717, 1.165) is 10.9 Å². The maximum atomic E-state index is 12.1. The van der Waals surface area contributed by atoms with Crippen LogP contribution in [-0.4, -0.2) is 31.6 Å². The first kappa shape index (κ1) is 18.0. The zero-order chi connectivity index (χ0) is 18.4. The highest BCUT2D eigenvalue weighted by Crippen LogP contribution is 2.20. The van der Waals surface area contributed by atoms with Crippen molar-refractivity contribution in [3.8, 4) is 0 Å². The molecule has 0 saturated carbocycles. The van der Waals surface area contributed by atoms with Crippen LogP contribution in [0.1, 0.15) is 5.56 Å². The van der Waals surface area contributed by atoms with Gasteiger partial charge < -0.3 is 5.32 Å². The van der Waals surface area contributed by atoms with Gasteiger partial charge in [-0.15, -0.1) is 0 Å². The van der Waals surface area contributed by atoms with Gasteiger partial charge in [0.25, 0.3) is 0 Å². The molecule has 0 aliphatic rings. The van der Waals surface area contributed by atoms with Crippen molar-refractivity contribution in [3.05, 3.63) is 72.4 Å². The average Bonchev–Trinajstić information content (AvgIpc) is 2.66. The zero-order valence-electron chi connectivity index (χ0n) is 14.1. The summed E-state index contributed by atoms with van der Waals surface area (Å²) >= 11 is 0. The third-order valence-electron chi connectivity index (χ3n) is 3.86. The Morgan fingerprint density at radius 2 is 1.73 bits per heavy atom. The molecule has 3 rings (SSSR count). The third kappa shape index (κ3) is 4.87. The summed E-state index contributed by atoms with van der Waals surface area (Å²) in [5, 5.41) is 3.60. The smallest absolute Gasteiger partial charge is 0.239 e. The number of anilines is 1. The number of para-hydroxylation sites is 1. The predicted molar refractivity (Wildman–Crippen MR) is 102 cm³/mol. The minimum atomic E-state index is -3.54. The van der Waals surface area contributed by atoms with Crippen molar-refractivity contribution in [2.24, 2.45) is 0 Å². The molecule has 0 fully saturated rings. The van der Waals surface area contributed by atoms with E-state index in [1.807, 2.05) is 54.6 Å². The highest BCUT2D eigenvalue weighted by molar-refractivity contribution is 7.89. The van der Waals surface area contributed by atoms with Crippen LogP contribution in [0.3, 0.4) is 0 Å². The van der Waals surface area contributed by atoms with Crippen molar-refractivity contribution < 1.29 is 13.2 Å². The average molecular weight is 369 g/mol. The van der Waals surface area contributed by atoms with Crippen LogP contribution in [0.5, 0.6) is 0 Å². The van der Waals surface area contributed by atoms with Gasteiger partial charge in [0, 0.05) is 11.6 Å². The van der Waals surface area contributed by atoms with Crippen LogP contribution in [0.2, 0.25) is 0 Å². The second-order valence-corrected chi connectivity index (χ2v) is 7.73. The molecule has 0 spiro atoms. The lowest BCUT2D eigenvalue weighted by Gasteiger charge is -2.09. The standard InChI is InChI=1S/C19H19N3O3S/c23-18(22-17-10-4-8-16-9-5-12-20-19(16)17)14-21-26(24,25)13-11-15-6-2-1-3-7-15/h1-10,12,21H,11,13-14H2,(H,22,23). The van der Waals surface area contributed by atoms with E-state index in [9.17, 15) is 13.2 Å². The van der Waals surface area contributed by atoms with Gasteiger partial charge in [0.15, 0.2) is 0 Å². The number of sulfonamides is 1. The number of amides is 1. The Hall–Kier alpha value is -2.77. The van der Waals surface area contributed by atoms with Crippen LogP contribution in [0, 0.1) is 0 Å². The van der Waals surface area contributed by atoms with E-state index in [1.165, 1.54) is 0 Å². The number of carbonyl (C=O) groups excluding carboxylic acids is 1. The SMILES string of the molecule is O=C(CNS(=O)(=O)CCc1ccccc1)Nc1cccc2cccnc12. The van der Waals surface area contributed by atoms with Crippen molar-refractivity contribution in [2.45, 2.75) is 6.42 Å². The number of fused-ring (bicyclic) bond motifs is 1. The predicted octanol–water partition coefficient (Wildman–Crippen LogP) is 2.34. The largest absolute Gasteiger partial charge is 0.323 e. The van der Waals surface area contributed by atoms with Crippen molar-refractivity contribution in [3.63, 3.8) is 0 Å². The molecule has 0 aliphatic carbocycles. The Labute approximate surface area is 152 Å². The lowest BCUT2D eigenvalue weighted by atomic mass is 10.2. The molecule has 6 nitrogen and oxygen atoms in total. The summed E-state index contributed by atoms with van der Waals surface area (Å²) < 4.78 is 26.5. The summed E-state index contributed by atoms with van der Waals surface area (Å²) in [6.45, 7) is -0.319. The van der Waals surface area contributed by atoms with E-state index < -0.39 is 15.9 Å². The van der Waals surface area contributed by atoms with Crippen molar-refractivity contribution in [1.82, 2.24) is 9.71 Å². The van der Waals surface area contributed by atoms with Gasteiger partial charge in [0.1, 0.15) is 0 Å².